The highest BCUT2D eigenvalue weighted by molar-refractivity contribution is 5.96. The number of nitro benzene ring substituents is 1. The first-order chi connectivity index (χ1) is 14.3. The molecule has 1 amide bonds. The average Bonchev–Trinajstić information content (AvgIpc) is 2.73. The fourth-order valence-corrected chi connectivity index (χ4v) is 2.59. The van der Waals surface area contributed by atoms with Crippen LogP contribution in [0.3, 0.4) is 0 Å². The molecular weight excluding hydrogens is 396 g/mol. The molecular formula is C20H22N2O8. The minimum Gasteiger partial charge on any atom is -0.493 e. The molecule has 0 bridgehead atoms. The van der Waals surface area contributed by atoms with E-state index in [9.17, 15) is 19.7 Å². The van der Waals surface area contributed by atoms with Gasteiger partial charge < -0.3 is 24.3 Å². The molecule has 0 aliphatic rings. The summed E-state index contributed by atoms with van der Waals surface area (Å²) in [6.45, 7) is 3.23. The summed E-state index contributed by atoms with van der Waals surface area (Å²) in [6, 6.07) is 7.15. The molecule has 0 heterocycles. The van der Waals surface area contributed by atoms with Crippen LogP contribution < -0.4 is 19.5 Å². The lowest BCUT2D eigenvalue weighted by atomic mass is 10.1. The third-order valence-corrected chi connectivity index (χ3v) is 4.03. The fraction of sp³-hybridized carbons (Fsp3) is 0.300. The number of carbonyl (C=O) groups is 2. The van der Waals surface area contributed by atoms with Gasteiger partial charge >= 0.3 is 11.7 Å². The third kappa shape index (κ3) is 5.37. The van der Waals surface area contributed by atoms with Crippen molar-refractivity contribution >= 4 is 23.3 Å². The van der Waals surface area contributed by atoms with Crippen LogP contribution in [0.5, 0.6) is 17.2 Å². The number of benzene rings is 2. The third-order valence-electron chi connectivity index (χ3n) is 4.03. The summed E-state index contributed by atoms with van der Waals surface area (Å²) < 4.78 is 20.6. The highest BCUT2D eigenvalue weighted by Gasteiger charge is 2.19. The standard InChI is InChI=1S/C20H22N2O8/c1-5-29-18-9-13(6-7-16(18)27-3)20(24)30-11-19(23)21-14-10-17(28-4)15(22(25)26)8-12(14)2/h6-10H,5,11H2,1-4H3,(H,21,23). The number of methoxy groups -OCH3 is 2. The van der Waals surface area contributed by atoms with E-state index < -0.39 is 23.4 Å². The van der Waals surface area contributed by atoms with Crippen molar-refractivity contribution in [1.82, 2.24) is 0 Å². The SMILES string of the molecule is CCOc1cc(C(=O)OCC(=O)Nc2cc(OC)c([N+](=O)[O-])cc2C)ccc1OC. The number of esters is 1. The number of rotatable bonds is 9. The Morgan fingerprint density at radius 1 is 1.07 bits per heavy atom. The van der Waals surface area contributed by atoms with E-state index in [4.69, 9.17) is 18.9 Å². The monoisotopic (exact) mass is 418 g/mol. The number of nitrogens with one attached hydrogen (secondary N) is 1. The predicted molar refractivity (Wildman–Crippen MR) is 107 cm³/mol. The molecule has 0 saturated carbocycles. The zero-order chi connectivity index (χ0) is 22.3. The predicted octanol–water partition coefficient (Wildman–Crippen LogP) is 3.11. The van der Waals surface area contributed by atoms with Crippen LogP contribution in [-0.4, -0.2) is 44.2 Å². The summed E-state index contributed by atoms with van der Waals surface area (Å²) in [4.78, 5) is 34.9. The van der Waals surface area contributed by atoms with E-state index in [1.165, 1.54) is 38.5 Å². The number of anilines is 1. The second kappa shape index (κ2) is 10.1. The molecule has 160 valence electrons. The molecule has 10 heteroatoms. The van der Waals surface area contributed by atoms with Gasteiger partial charge in [-0.2, -0.15) is 0 Å². The second-order valence-electron chi connectivity index (χ2n) is 6.02. The lowest BCUT2D eigenvalue weighted by Crippen LogP contribution is -2.21. The Balaban J connectivity index is 2.05. The number of amides is 1. The smallest absolute Gasteiger partial charge is 0.338 e. The Morgan fingerprint density at radius 3 is 2.37 bits per heavy atom. The molecule has 0 radical (unpaired) electrons. The topological polar surface area (TPSA) is 126 Å². The van der Waals surface area contributed by atoms with Gasteiger partial charge in [-0.3, -0.25) is 14.9 Å². The van der Waals surface area contributed by atoms with Gasteiger partial charge in [0.05, 0.1) is 31.3 Å². The van der Waals surface area contributed by atoms with E-state index in [-0.39, 0.29) is 17.0 Å². The molecule has 0 spiro atoms. The molecule has 30 heavy (non-hydrogen) atoms. The molecule has 0 aliphatic carbocycles. The maximum atomic E-state index is 12.3. The first-order valence-electron chi connectivity index (χ1n) is 8.91. The minimum atomic E-state index is -0.716. The Labute approximate surface area is 172 Å². The Bertz CT molecular complexity index is 958. The quantitative estimate of drug-likeness (QED) is 0.374. The molecule has 2 rings (SSSR count). The van der Waals surface area contributed by atoms with Gasteiger partial charge in [-0.1, -0.05) is 0 Å². The number of aryl methyl sites for hydroxylation is 1. The van der Waals surface area contributed by atoms with E-state index in [1.807, 2.05) is 0 Å². The van der Waals surface area contributed by atoms with Gasteiger partial charge in [0.25, 0.3) is 5.91 Å². The molecule has 10 nitrogen and oxygen atoms in total. The van der Waals surface area contributed by atoms with Crippen LogP contribution in [-0.2, 0) is 9.53 Å². The van der Waals surface area contributed by atoms with Crippen molar-refractivity contribution in [2.75, 3.05) is 32.8 Å². The van der Waals surface area contributed by atoms with Gasteiger partial charge in [-0.05, 0) is 37.6 Å². The van der Waals surface area contributed by atoms with Crippen LogP contribution in [0.15, 0.2) is 30.3 Å². The van der Waals surface area contributed by atoms with E-state index in [2.05, 4.69) is 5.32 Å². The molecule has 0 unspecified atom stereocenters. The highest BCUT2D eigenvalue weighted by atomic mass is 16.6. The number of hydrogen-bond donors (Lipinski definition) is 1. The lowest BCUT2D eigenvalue weighted by molar-refractivity contribution is -0.385. The van der Waals surface area contributed by atoms with Crippen molar-refractivity contribution < 1.29 is 33.5 Å². The van der Waals surface area contributed by atoms with E-state index >= 15 is 0 Å². The number of hydrogen-bond acceptors (Lipinski definition) is 8. The summed E-state index contributed by atoms with van der Waals surface area (Å²) in [6.07, 6.45) is 0. The number of ether oxygens (including phenoxy) is 4. The van der Waals surface area contributed by atoms with Crippen LogP contribution in [0.25, 0.3) is 0 Å². The van der Waals surface area contributed by atoms with Crippen LogP contribution in [0.4, 0.5) is 11.4 Å². The molecule has 1 N–H and O–H groups in total. The van der Waals surface area contributed by atoms with Gasteiger partial charge in [0.1, 0.15) is 0 Å². The maximum Gasteiger partial charge on any atom is 0.338 e. The summed E-state index contributed by atoms with van der Waals surface area (Å²) in [5.41, 5.74) is 0.740. The second-order valence-corrected chi connectivity index (χ2v) is 6.02. The summed E-state index contributed by atoms with van der Waals surface area (Å²) >= 11 is 0. The summed E-state index contributed by atoms with van der Waals surface area (Å²) in [5, 5.41) is 13.6. The molecule has 0 aliphatic heterocycles. The van der Waals surface area contributed by atoms with E-state index in [1.54, 1.807) is 19.9 Å². The van der Waals surface area contributed by atoms with Gasteiger partial charge in [0.2, 0.25) is 0 Å². The summed E-state index contributed by atoms with van der Waals surface area (Å²) in [5.74, 6) is -0.478. The molecule has 0 aromatic heterocycles. The van der Waals surface area contributed by atoms with Gasteiger partial charge in [0.15, 0.2) is 23.9 Å². The maximum absolute atomic E-state index is 12.3. The van der Waals surface area contributed by atoms with Gasteiger partial charge in [-0.25, -0.2) is 4.79 Å². The molecule has 2 aromatic rings. The number of carbonyl (C=O) groups excluding carboxylic acids is 2. The van der Waals surface area contributed by atoms with E-state index in [0.717, 1.165) is 0 Å². The number of nitrogens with zero attached hydrogens (tertiary/aromatic N) is 1. The average molecular weight is 418 g/mol. The van der Waals surface area contributed by atoms with Crippen molar-refractivity contribution in [1.29, 1.82) is 0 Å². The first kappa shape index (κ1) is 22.5. The van der Waals surface area contributed by atoms with Crippen LogP contribution in [0.1, 0.15) is 22.8 Å². The van der Waals surface area contributed by atoms with Gasteiger partial charge in [-0.15, -0.1) is 0 Å². The Kier molecular flexibility index (Phi) is 7.56. The van der Waals surface area contributed by atoms with Crippen molar-refractivity contribution in [2.24, 2.45) is 0 Å². The molecule has 0 saturated heterocycles. The normalized spacial score (nSPS) is 10.1. The highest BCUT2D eigenvalue weighted by Crippen LogP contribution is 2.32. The van der Waals surface area contributed by atoms with Crippen molar-refractivity contribution in [3.05, 3.63) is 51.6 Å². The fourth-order valence-electron chi connectivity index (χ4n) is 2.59. The lowest BCUT2D eigenvalue weighted by Gasteiger charge is -2.12. The van der Waals surface area contributed by atoms with Crippen molar-refractivity contribution in [3.63, 3.8) is 0 Å². The summed E-state index contributed by atoms with van der Waals surface area (Å²) in [7, 11) is 2.77. The molecule has 0 fully saturated rings. The zero-order valence-electron chi connectivity index (χ0n) is 17.0. The Morgan fingerprint density at radius 2 is 1.77 bits per heavy atom. The molecule has 2 aromatic carbocycles. The van der Waals surface area contributed by atoms with Crippen LogP contribution >= 0.6 is 0 Å². The minimum absolute atomic E-state index is 0.000388. The largest absolute Gasteiger partial charge is 0.493 e. The first-order valence-corrected chi connectivity index (χ1v) is 8.91. The zero-order valence-corrected chi connectivity index (χ0v) is 17.0. The van der Waals surface area contributed by atoms with Crippen molar-refractivity contribution in [3.8, 4) is 17.2 Å². The van der Waals surface area contributed by atoms with Gasteiger partial charge in [0, 0.05) is 17.8 Å². The van der Waals surface area contributed by atoms with Crippen LogP contribution in [0.2, 0.25) is 0 Å². The number of nitro groups is 1. The molecule has 0 atom stereocenters. The Hall–Kier alpha value is -3.82. The van der Waals surface area contributed by atoms with Crippen molar-refractivity contribution in [2.45, 2.75) is 13.8 Å². The van der Waals surface area contributed by atoms with E-state index in [0.29, 0.717) is 29.4 Å². The van der Waals surface area contributed by atoms with Crippen LogP contribution in [0, 0.1) is 17.0 Å².